The Kier molecular flexibility index (Phi) is 3.41. The minimum atomic E-state index is -0.229. The van der Waals surface area contributed by atoms with E-state index < -0.39 is 0 Å². The lowest BCUT2D eigenvalue weighted by molar-refractivity contribution is -0.127. The molecule has 0 aromatic heterocycles. The molecule has 0 aliphatic heterocycles. The summed E-state index contributed by atoms with van der Waals surface area (Å²) < 4.78 is 6.64. The zero-order valence-corrected chi connectivity index (χ0v) is 10.00. The van der Waals surface area contributed by atoms with Gasteiger partial charge in [-0.2, -0.15) is 0 Å². The third-order valence-electron chi connectivity index (χ3n) is 2.57. The van der Waals surface area contributed by atoms with Gasteiger partial charge in [-0.15, -0.1) is 0 Å². The molecule has 0 heterocycles. The zero-order valence-electron chi connectivity index (χ0n) is 8.41. The fourth-order valence-corrected chi connectivity index (χ4v) is 2.16. The number of carbonyl (C=O) groups excluding carboxylic acids is 1. The van der Waals surface area contributed by atoms with Crippen molar-refractivity contribution in [2.45, 2.75) is 31.8 Å². The molecule has 1 aromatic carbocycles. The van der Waals surface area contributed by atoms with Gasteiger partial charge in [0.2, 0.25) is 0 Å². The van der Waals surface area contributed by atoms with Crippen molar-refractivity contribution in [3.63, 3.8) is 0 Å². The van der Waals surface area contributed by atoms with Crippen molar-refractivity contribution in [1.82, 2.24) is 0 Å². The van der Waals surface area contributed by atoms with Crippen LogP contribution >= 0.6 is 15.9 Å². The Labute approximate surface area is 97.8 Å². The fraction of sp³-hybridized carbons (Fsp3) is 0.417. The Hall–Kier alpha value is -0.830. The van der Waals surface area contributed by atoms with E-state index in [2.05, 4.69) is 15.9 Å². The van der Waals surface area contributed by atoms with Gasteiger partial charge in [0.15, 0.2) is 11.9 Å². The number of carbonyl (C=O) groups is 1. The molecule has 1 aromatic rings. The number of hydrogen-bond donors (Lipinski definition) is 0. The molecular formula is C12H13BrO2. The van der Waals surface area contributed by atoms with Crippen molar-refractivity contribution in [2.24, 2.45) is 0 Å². The molecule has 0 saturated heterocycles. The molecule has 1 fully saturated rings. The first-order valence-electron chi connectivity index (χ1n) is 5.20. The average molecular weight is 269 g/mol. The van der Waals surface area contributed by atoms with E-state index in [9.17, 15) is 4.79 Å². The van der Waals surface area contributed by atoms with Gasteiger partial charge in [0.1, 0.15) is 5.75 Å². The summed E-state index contributed by atoms with van der Waals surface area (Å²) in [6.07, 6.45) is 3.39. The summed E-state index contributed by atoms with van der Waals surface area (Å²) in [7, 11) is 0. The molecule has 15 heavy (non-hydrogen) atoms. The monoisotopic (exact) mass is 268 g/mol. The summed E-state index contributed by atoms with van der Waals surface area (Å²) in [5.74, 6) is 1.01. The van der Waals surface area contributed by atoms with E-state index in [-0.39, 0.29) is 11.9 Å². The predicted octanol–water partition coefficient (Wildman–Crippen LogP) is 3.34. The second kappa shape index (κ2) is 4.79. The fourth-order valence-electron chi connectivity index (χ4n) is 1.78. The lowest BCUT2D eigenvalue weighted by Crippen LogP contribution is -2.30. The number of Topliss-reactive ketones (excluding diaryl/α,β-unsaturated/α-hetero) is 1. The highest BCUT2D eigenvalue weighted by atomic mass is 79.9. The van der Waals surface area contributed by atoms with E-state index in [0.717, 1.165) is 29.5 Å². The Morgan fingerprint density at radius 2 is 2.20 bits per heavy atom. The third kappa shape index (κ3) is 2.81. The highest BCUT2D eigenvalue weighted by Crippen LogP contribution is 2.23. The predicted molar refractivity (Wildman–Crippen MR) is 62.0 cm³/mol. The van der Waals surface area contributed by atoms with Gasteiger partial charge in [-0.05, 0) is 37.5 Å². The standard InChI is InChI=1S/C12H13BrO2/c13-9-4-3-5-10(8-9)15-12-7-2-1-6-11(12)14/h3-5,8,12H,1-2,6-7H2. The second-order valence-corrected chi connectivity index (χ2v) is 4.69. The minimum absolute atomic E-state index is 0.229. The highest BCUT2D eigenvalue weighted by Gasteiger charge is 2.23. The number of hydrogen-bond acceptors (Lipinski definition) is 2. The van der Waals surface area contributed by atoms with Crippen LogP contribution in [-0.2, 0) is 4.79 Å². The maximum atomic E-state index is 11.5. The maximum absolute atomic E-state index is 11.5. The van der Waals surface area contributed by atoms with Crippen LogP contribution in [0.5, 0.6) is 5.75 Å². The van der Waals surface area contributed by atoms with Gasteiger partial charge in [-0.25, -0.2) is 0 Å². The first kappa shape index (κ1) is 10.7. The Morgan fingerprint density at radius 1 is 1.33 bits per heavy atom. The van der Waals surface area contributed by atoms with Crippen LogP contribution < -0.4 is 4.74 Å². The summed E-state index contributed by atoms with van der Waals surface area (Å²) >= 11 is 3.38. The topological polar surface area (TPSA) is 26.3 Å². The SMILES string of the molecule is O=C1CCCCC1Oc1cccc(Br)c1. The summed E-state index contributed by atoms with van der Waals surface area (Å²) in [5.41, 5.74) is 0. The normalized spacial score (nSPS) is 21.4. The number of ether oxygens (including phenoxy) is 1. The molecule has 0 amide bonds. The van der Waals surface area contributed by atoms with E-state index in [0.29, 0.717) is 6.42 Å². The van der Waals surface area contributed by atoms with Gasteiger partial charge >= 0.3 is 0 Å². The number of rotatable bonds is 2. The summed E-state index contributed by atoms with van der Waals surface area (Å²) in [6.45, 7) is 0. The van der Waals surface area contributed by atoms with Crippen molar-refractivity contribution >= 4 is 21.7 Å². The molecule has 0 N–H and O–H groups in total. The molecule has 0 spiro atoms. The molecule has 80 valence electrons. The molecule has 3 heteroatoms. The van der Waals surface area contributed by atoms with Crippen LogP contribution in [0.25, 0.3) is 0 Å². The van der Waals surface area contributed by atoms with Crippen LogP contribution in [0.4, 0.5) is 0 Å². The van der Waals surface area contributed by atoms with E-state index >= 15 is 0 Å². The van der Waals surface area contributed by atoms with Crippen molar-refractivity contribution in [3.05, 3.63) is 28.7 Å². The van der Waals surface area contributed by atoms with Crippen LogP contribution in [0.3, 0.4) is 0 Å². The van der Waals surface area contributed by atoms with Gasteiger partial charge < -0.3 is 4.74 Å². The number of ketones is 1. The second-order valence-electron chi connectivity index (χ2n) is 3.78. The van der Waals surface area contributed by atoms with Gasteiger partial charge in [-0.3, -0.25) is 4.79 Å². The molecule has 2 rings (SSSR count). The smallest absolute Gasteiger partial charge is 0.173 e. The molecule has 1 aliphatic carbocycles. The molecule has 0 bridgehead atoms. The summed E-state index contributed by atoms with van der Waals surface area (Å²) in [4.78, 5) is 11.5. The molecular weight excluding hydrogens is 256 g/mol. The van der Waals surface area contributed by atoms with Gasteiger partial charge in [0.05, 0.1) is 0 Å². The molecule has 1 saturated carbocycles. The summed E-state index contributed by atoms with van der Waals surface area (Å²) in [5, 5.41) is 0. The average Bonchev–Trinajstić information content (AvgIpc) is 2.22. The van der Waals surface area contributed by atoms with Crippen LogP contribution in [0.1, 0.15) is 25.7 Å². The third-order valence-corrected chi connectivity index (χ3v) is 3.07. The van der Waals surface area contributed by atoms with E-state index in [1.54, 1.807) is 0 Å². The first-order chi connectivity index (χ1) is 7.25. The lowest BCUT2D eigenvalue weighted by Gasteiger charge is -2.21. The Bertz CT molecular complexity index is 362. The lowest BCUT2D eigenvalue weighted by atomic mass is 9.96. The van der Waals surface area contributed by atoms with Crippen molar-refractivity contribution in [2.75, 3.05) is 0 Å². The molecule has 1 unspecified atom stereocenters. The zero-order chi connectivity index (χ0) is 10.7. The van der Waals surface area contributed by atoms with Crippen molar-refractivity contribution < 1.29 is 9.53 Å². The maximum Gasteiger partial charge on any atom is 0.173 e. The van der Waals surface area contributed by atoms with Gasteiger partial charge in [-0.1, -0.05) is 22.0 Å². The number of benzene rings is 1. The largest absolute Gasteiger partial charge is 0.483 e. The van der Waals surface area contributed by atoms with E-state index in [1.165, 1.54) is 0 Å². The highest BCUT2D eigenvalue weighted by molar-refractivity contribution is 9.10. The molecule has 2 nitrogen and oxygen atoms in total. The van der Waals surface area contributed by atoms with Crippen LogP contribution in [0, 0.1) is 0 Å². The minimum Gasteiger partial charge on any atom is -0.483 e. The molecule has 1 aliphatic rings. The first-order valence-corrected chi connectivity index (χ1v) is 6.00. The number of halogens is 1. The molecule has 1 atom stereocenters. The summed E-state index contributed by atoms with van der Waals surface area (Å²) in [6, 6.07) is 7.62. The van der Waals surface area contributed by atoms with Crippen molar-refractivity contribution in [3.8, 4) is 5.75 Å². The Balaban J connectivity index is 2.04. The van der Waals surface area contributed by atoms with Crippen LogP contribution in [0.15, 0.2) is 28.7 Å². The van der Waals surface area contributed by atoms with Crippen LogP contribution in [0.2, 0.25) is 0 Å². The van der Waals surface area contributed by atoms with Gasteiger partial charge in [0.25, 0.3) is 0 Å². The molecule has 0 radical (unpaired) electrons. The Morgan fingerprint density at radius 3 is 2.93 bits per heavy atom. The van der Waals surface area contributed by atoms with Crippen molar-refractivity contribution in [1.29, 1.82) is 0 Å². The van der Waals surface area contributed by atoms with E-state index in [4.69, 9.17) is 4.74 Å². The van der Waals surface area contributed by atoms with Crippen LogP contribution in [-0.4, -0.2) is 11.9 Å². The quantitative estimate of drug-likeness (QED) is 0.823. The van der Waals surface area contributed by atoms with E-state index in [1.807, 2.05) is 24.3 Å². The van der Waals surface area contributed by atoms with Gasteiger partial charge in [0, 0.05) is 10.9 Å².